The molecule has 4 nitrogen and oxygen atoms in total. The molecule has 0 spiro atoms. The second kappa shape index (κ2) is 4.07. The monoisotopic (exact) mass is 183 g/mol. The van der Waals surface area contributed by atoms with Crippen LogP contribution in [-0.4, -0.2) is 17.2 Å². The van der Waals surface area contributed by atoms with Gasteiger partial charge in [0.15, 0.2) is 0 Å². The second-order valence-corrected chi connectivity index (χ2v) is 3.06. The number of aryl methyl sites for hydroxylation is 1. The molecule has 1 atom stereocenters. The Morgan fingerprint density at radius 3 is 2.92 bits per heavy atom. The van der Waals surface area contributed by atoms with Gasteiger partial charge in [-0.3, -0.25) is 4.79 Å². The van der Waals surface area contributed by atoms with Crippen molar-refractivity contribution in [2.24, 2.45) is 0 Å². The van der Waals surface area contributed by atoms with Crippen molar-refractivity contribution < 1.29 is 14.1 Å². The molecule has 1 aromatic heterocycles. The van der Waals surface area contributed by atoms with Gasteiger partial charge in [0.1, 0.15) is 11.9 Å². The Balaban J connectivity index is 2.44. The lowest BCUT2D eigenvalue weighted by atomic mass is 10.2. The van der Waals surface area contributed by atoms with E-state index in [1.54, 1.807) is 0 Å². The molecule has 0 aliphatic carbocycles. The molecule has 1 rings (SSSR count). The molecular weight excluding hydrogens is 170 g/mol. The van der Waals surface area contributed by atoms with Gasteiger partial charge < -0.3 is 9.26 Å². The van der Waals surface area contributed by atoms with Crippen LogP contribution in [0.1, 0.15) is 25.3 Å². The fourth-order valence-corrected chi connectivity index (χ4v) is 1.12. The van der Waals surface area contributed by atoms with Crippen molar-refractivity contribution in [3.05, 3.63) is 17.5 Å². The number of carbonyl (C=O) groups excluding carboxylic acids is 1. The average Bonchev–Trinajstić information content (AvgIpc) is 2.33. The van der Waals surface area contributed by atoms with Gasteiger partial charge in [-0.2, -0.15) is 0 Å². The van der Waals surface area contributed by atoms with Crippen LogP contribution in [0.3, 0.4) is 0 Å². The van der Waals surface area contributed by atoms with E-state index in [-0.39, 0.29) is 12.1 Å². The van der Waals surface area contributed by atoms with Crippen LogP contribution in [0.2, 0.25) is 0 Å². The summed E-state index contributed by atoms with van der Waals surface area (Å²) in [5.74, 6) is 0.468. The predicted molar refractivity (Wildman–Crippen MR) is 46.2 cm³/mol. The molecule has 0 aromatic carbocycles. The third-order valence-electron chi connectivity index (χ3n) is 1.53. The summed E-state index contributed by atoms with van der Waals surface area (Å²) in [6, 6.07) is 1.83. The minimum Gasteiger partial charge on any atom is -0.462 e. The smallest absolute Gasteiger partial charge is 0.302 e. The van der Waals surface area contributed by atoms with E-state index in [9.17, 15) is 4.79 Å². The predicted octanol–water partition coefficient (Wildman–Crippen LogP) is 1.48. The Morgan fingerprint density at radius 2 is 2.46 bits per heavy atom. The first-order valence-electron chi connectivity index (χ1n) is 4.17. The largest absolute Gasteiger partial charge is 0.462 e. The van der Waals surface area contributed by atoms with Crippen LogP contribution in [0, 0.1) is 6.92 Å². The molecule has 0 radical (unpaired) electrons. The van der Waals surface area contributed by atoms with Gasteiger partial charge in [-0.15, -0.1) is 0 Å². The fourth-order valence-electron chi connectivity index (χ4n) is 1.12. The van der Waals surface area contributed by atoms with Gasteiger partial charge in [0.25, 0.3) is 0 Å². The Hall–Kier alpha value is -1.32. The first-order chi connectivity index (χ1) is 6.08. The van der Waals surface area contributed by atoms with E-state index in [0.29, 0.717) is 6.42 Å². The molecule has 1 unspecified atom stereocenters. The molecule has 1 aromatic rings. The van der Waals surface area contributed by atoms with E-state index >= 15 is 0 Å². The number of carbonyl (C=O) groups is 1. The van der Waals surface area contributed by atoms with Gasteiger partial charge >= 0.3 is 5.97 Å². The quantitative estimate of drug-likeness (QED) is 0.666. The summed E-state index contributed by atoms with van der Waals surface area (Å²) in [4.78, 5) is 10.6. The third-order valence-corrected chi connectivity index (χ3v) is 1.53. The van der Waals surface area contributed by atoms with Gasteiger partial charge in [0.05, 0.1) is 5.69 Å². The van der Waals surface area contributed by atoms with Crippen LogP contribution in [0.15, 0.2) is 10.6 Å². The molecule has 0 amide bonds. The van der Waals surface area contributed by atoms with Gasteiger partial charge in [0, 0.05) is 19.4 Å². The highest BCUT2D eigenvalue weighted by atomic mass is 16.5. The highest BCUT2D eigenvalue weighted by Crippen LogP contribution is 2.07. The van der Waals surface area contributed by atoms with Crippen LogP contribution >= 0.6 is 0 Å². The van der Waals surface area contributed by atoms with Gasteiger partial charge in [-0.05, 0) is 13.8 Å². The fraction of sp³-hybridized carbons (Fsp3) is 0.556. The molecule has 72 valence electrons. The summed E-state index contributed by atoms with van der Waals surface area (Å²) in [6.07, 6.45) is 0.408. The lowest BCUT2D eigenvalue weighted by Gasteiger charge is -2.08. The number of rotatable bonds is 3. The van der Waals surface area contributed by atoms with E-state index in [1.165, 1.54) is 6.92 Å². The summed E-state index contributed by atoms with van der Waals surface area (Å²) < 4.78 is 9.91. The molecule has 4 heteroatoms. The highest BCUT2D eigenvalue weighted by Gasteiger charge is 2.09. The molecule has 0 aliphatic heterocycles. The number of hydrogen-bond donors (Lipinski definition) is 0. The van der Waals surface area contributed by atoms with Gasteiger partial charge in [-0.25, -0.2) is 0 Å². The van der Waals surface area contributed by atoms with E-state index in [1.807, 2.05) is 19.9 Å². The molecule has 0 fully saturated rings. The van der Waals surface area contributed by atoms with Crippen molar-refractivity contribution in [1.29, 1.82) is 0 Å². The minimum absolute atomic E-state index is 0.162. The van der Waals surface area contributed by atoms with Crippen molar-refractivity contribution in [2.75, 3.05) is 0 Å². The second-order valence-electron chi connectivity index (χ2n) is 3.06. The maximum absolute atomic E-state index is 10.6. The number of aromatic nitrogens is 1. The maximum atomic E-state index is 10.6. The lowest BCUT2D eigenvalue weighted by molar-refractivity contribution is -0.145. The van der Waals surface area contributed by atoms with Crippen molar-refractivity contribution in [3.8, 4) is 0 Å². The summed E-state index contributed by atoms with van der Waals surface area (Å²) >= 11 is 0. The molecule has 0 aliphatic rings. The van der Waals surface area contributed by atoms with Crippen molar-refractivity contribution in [2.45, 2.75) is 33.3 Å². The van der Waals surface area contributed by atoms with Crippen LogP contribution in [-0.2, 0) is 16.0 Å². The number of nitrogens with zero attached hydrogens (tertiary/aromatic N) is 1. The standard InChI is InChI=1S/C9H13NO3/c1-6-4-9(13-10-6)5-7(2)12-8(3)11/h4,7H,5H2,1-3H3. The average molecular weight is 183 g/mol. The Morgan fingerprint density at radius 1 is 1.77 bits per heavy atom. The molecule has 0 saturated heterocycles. The van der Waals surface area contributed by atoms with Crippen LogP contribution in [0.5, 0.6) is 0 Å². The number of ether oxygens (including phenoxy) is 1. The molecule has 0 bridgehead atoms. The SMILES string of the molecule is CC(=O)OC(C)Cc1cc(C)no1. The molecule has 13 heavy (non-hydrogen) atoms. The first kappa shape index (κ1) is 9.77. The van der Waals surface area contributed by atoms with Crippen molar-refractivity contribution in [1.82, 2.24) is 5.16 Å². The minimum atomic E-state index is -0.274. The van der Waals surface area contributed by atoms with Crippen LogP contribution < -0.4 is 0 Å². The van der Waals surface area contributed by atoms with Gasteiger partial charge in [-0.1, -0.05) is 5.16 Å². The van der Waals surface area contributed by atoms with Crippen molar-refractivity contribution >= 4 is 5.97 Å². The highest BCUT2D eigenvalue weighted by molar-refractivity contribution is 5.66. The first-order valence-corrected chi connectivity index (χ1v) is 4.17. The summed E-state index contributed by atoms with van der Waals surface area (Å²) in [7, 11) is 0. The van der Waals surface area contributed by atoms with E-state index < -0.39 is 0 Å². The zero-order chi connectivity index (χ0) is 9.84. The molecular formula is C9H13NO3. The zero-order valence-corrected chi connectivity index (χ0v) is 8.03. The topological polar surface area (TPSA) is 52.3 Å². The Kier molecular flexibility index (Phi) is 3.06. The Labute approximate surface area is 76.9 Å². The van der Waals surface area contributed by atoms with Crippen molar-refractivity contribution in [3.63, 3.8) is 0 Å². The third kappa shape index (κ3) is 3.27. The van der Waals surface area contributed by atoms with Gasteiger partial charge in [0.2, 0.25) is 0 Å². The molecule has 1 heterocycles. The molecule has 0 saturated carbocycles. The van der Waals surface area contributed by atoms with Crippen LogP contribution in [0.4, 0.5) is 0 Å². The summed E-state index contributed by atoms with van der Waals surface area (Å²) in [5, 5.41) is 3.73. The summed E-state index contributed by atoms with van der Waals surface area (Å²) in [5.41, 5.74) is 0.838. The van der Waals surface area contributed by atoms with Crippen LogP contribution in [0.25, 0.3) is 0 Å². The number of esters is 1. The van der Waals surface area contributed by atoms with E-state index in [4.69, 9.17) is 9.26 Å². The lowest BCUT2D eigenvalue weighted by Crippen LogP contribution is -2.14. The summed E-state index contributed by atoms with van der Waals surface area (Å²) in [6.45, 7) is 5.06. The van der Waals surface area contributed by atoms with E-state index in [2.05, 4.69) is 5.16 Å². The van der Waals surface area contributed by atoms with E-state index in [0.717, 1.165) is 11.5 Å². The molecule has 0 N–H and O–H groups in total. The zero-order valence-electron chi connectivity index (χ0n) is 8.03. The number of hydrogen-bond acceptors (Lipinski definition) is 4. The normalized spacial score (nSPS) is 12.5. The maximum Gasteiger partial charge on any atom is 0.302 e. The Bertz CT molecular complexity index is 293.